The van der Waals surface area contributed by atoms with Gasteiger partial charge in [0.25, 0.3) is 0 Å². The second-order valence-electron chi connectivity index (χ2n) is 4.54. The van der Waals surface area contributed by atoms with Crippen LogP contribution in [0.2, 0.25) is 0 Å². The summed E-state index contributed by atoms with van der Waals surface area (Å²) in [4.78, 5) is 26.5. The number of rotatable bonds is 4. The van der Waals surface area contributed by atoms with E-state index in [-0.39, 0.29) is 23.7 Å². The van der Waals surface area contributed by atoms with Gasteiger partial charge in [-0.25, -0.2) is 0 Å². The highest BCUT2D eigenvalue weighted by Gasteiger charge is 2.35. The van der Waals surface area contributed by atoms with Crippen LogP contribution in [0, 0.1) is 0 Å². The number of carbonyl (C=O) groups excluding carboxylic acids is 2. The third-order valence-corrected chi connectivity index (χ3v) is 5.32. The van der Waals surface area contributed by atoms with E-state index in [1.54, 1.807) is 28.0 Å². The molecule has 0 aromatic carbocycles. The highest BCUT2D eigenvalue weighted by molar-refractivity contribution is 8.00. The lowest BCUT2D eigenvalue weighted by Gasteiger charge is -2.22. The number of hydrogen-bond acceptors (Lipinski definition) is 4. The molecule has 1 saturated heterocycles. The maximum absolute atomic E-state index is 11.8. The van der Waals surface area contributed by atoms with Gasteiger partial charge in [-0.1, -0.05) is 6.07 Å². The van der Waals surface area contributed by atoms with Crippen LogP contribution in [0.4, 0.5) is 0 Å². The first-order valence-electron chi connectivity index (χ1n) is 5.98. The van der Waals surface area contributed by atoms with Gasteiger partial charge in [0.2, 0.25) is 11.8 Å². The molecule has 2 fully saturated rings. The molecule has 6 heteroatoms. The van der Waals surface area contributed by atoms with Crippen LogP contribution in [0.5, 0.6) is 0 Å². The van der Waals surface area contributed by atoms with Crippen LogP contribution in [0.3, 0.4) is 0 Å². The van der Waals surface area contributed by atoms with Crippen molar-refractivity contribution in [2.24, 2.45) is 0 Å². The fourth-order valence-corrected chi connectivity index (χ4v) is 4.12. The molecular formula is C12H14N2O2S2. The number of amides is 2. The predicted molar refractivity (Wildman–Crippen MR) is 72.4 cm³/mol. The molecule has 2 heterocycles. The molecule has 1 aliphatic carbocycles. The quantitative estimate of drug-likeness (QED) is 0.912. The van der Waals surface area contributed by atoms with Gasteiger partial charge in [0, 0.05) is 10.9 Å². The van der Waals surface area contributed by atoms with Gasteiger partial charge < -0.3 is 10.2 Å². The number of nitrogens with one attached hydrogen (secondary N) is 1. The molecule has 1 aromatic heterocycles. The number of thiophene rings is 1. The summed E-state index contributed by atoms with van der Waals surface area (Å²) in [5, 5.41) is 4.95. The molecule has 96 valence electrons. The minimum absolute atomic E-state index is 0.0162. The average molecular weight is 282 g/mol. The maximum atomic E-state index is 11.8. The molecule has 1 aromatic rings. The lowest BCUT2D eigenvalue weighted by molar-refractivity contribution is -0.133. The lowest BCUT2D eigenvalue weighted by Crippen LogP contribution is -2.39. The Labute approximate surface area is 114 Å². The first-order chi connectivity index (χ1) is 8.74. The number of carbonyl (C=O) groups is 2. The Morgan fingerprint density at radius 2 is 2.33 bits per heavy atom. The van der Waals surface area contributed by atoms with Crippen molar-refractivity contribution < 1.29 is 9.59 Å². The second-order valence-corrected chi connectivity index (χ2v) is 6.59. The summed E-state index contributed by atoms with van der Waals surface area (Å²) in [6.07, 6.45) is 2.14. The van der Waals surface area contributed by atoms with E-state index < -0.39 is 0 Å². The highest BCUT2D eigenvalue weighted by Crippen LogP contribution is 2.40. The van der Waals surface area contributed by atoms with Gasteiger partial charge >= 0.3 is 0 Å². The fraction of sp³-hybridized carbons (Fsp3) is 0.500. The van der Waals surface area contributed by atoms with E-state index in [9.17, 15) is 9.59 Å². The number of nitrogens with zero attached hydrogens (tertiary/aromatic N) is 1. The standard InChI is InChI=1S/C12H14N2O2S2/c15-10(13-8-3-4-8)6-14-11(16)7-18-12(14)9-2-1-5-17-9/h1-2,5,8,12H,3-4,6-7H2,(H,13,15)/t12-/m0/s1. The average Bonchev–Trinajstić information content (AvgIpc) is 2.87. The molecule has 2 aliphatic rings. The Morgan fingerprint density at radius 1 is 1.50 bits per heavy atom. The molecule has 1 aliphatic heterocycles. The molecule has 0 bridgehead atoms. The maximum Gasteiger partial charge on any atom is 0.239 e. The zero-order chi connectivity index (χ0) is 12.5. The zero-order valence-electron chi connectivity index (χ0n) is 9.80. The third-order valence-electron chi connectivity index (χ3n) is 3.01. The van der Waals surface area contributed by atoms with Crippen molar-refractivity contribution in [2.75, 3.05) is 12.3 Å². The molecule has 18 heavy (non-hydrogen) atoms. The van der Waals surface area contributed by atoms with Crippen LogP contribution in [-0.4, -0.2) is 35.1 Å². The van der Waals surface area contributed by atoms with Crippen LogP contribution < -0.4 is 5.32 Å². The third kappa shape index (κ3) is 2.54. The summed E-state index contributed by atoms with van der Waals surface area (Å²) in [6, 6.07) is 4.35. The van der Waals surface area contributed by atoms with Crippen molar-refractivity contribution in [1.82, 2.24) is 10.2 Å². The van der Waals surface area contributed by atoms with Crippen molar-refractivity contribution in [3.8, 4) is 0 Å². The van der Waals surface area contributed by atoms with Gasteiger partial charge in [0.1, 0.15) is 11.9 Å². The molecule has 4 nitrogen and oxygen atoms in total. The summed E-state index contributed by atoms with van der Waals surface area (Å²) >= 11 is 3.23. The van der Waals surface area contributed by atoms with Crippen LogP contribution >= 0.6 is 23.1 Å². The van der Waals surface area contributed by atoms with Crippen molar-refractivity contribution in [3.63, 3.8) is 0 Å². The topological polar surface area (TPSA) is 49.4 Å². The first-order valence-corrected chi connectivity index (χ1v) is 7.91. The molecule has 0 radical (unpaired) electrons. The Kier molecular flexibility index (Phi) is 3.30. The molecule has 1 saturated carbocycles. The second kappa shape index (κ2) is 4.93. The van der Waals surface area contributed by atoms with Gasteiger partial charge in [-0.05, 0) is 24.3 Å². The van der Waals surface area contributed by atoms with Crippen molar-refractivity contribution in [2.45, 2.75) is 24.3 Å². The minimum Gasteiger partial charge on any atom is -0.352 e. The van der Waals surface area contributed by atoms with Crippen LogP contribution in [0.15, 0.2) is 17.5 Å². The van der Waals surface area contributed by atoms with Gasteiger partial charge in [-0.2, -0.15) is 0 Å². The fourth-order valence-electron chi connectivity index (χ4n) is 1.95. The smallest absolute Gasteiger partial charge is 0.239 e. The summed E-state index contributed by atoms with van der Waals surface area (Å²) in [6.45, 7) is 0.185. The first kappa shape index (κ1) is 12.0. The van der Waals surface area contributed by atoms with Crippen LogP contribution in [-0.2, 0) is 9.59 Å². The summed E-state index contributed by atoms with van der Waals surface area (Å²) in [5.74, 6) is 0.499. The Hall–Kier alpha value is -1.01. The Bertz CT molecular complexity index is 457. The van der Waals surface area contributed by atoms with E-state index in [1.807, 2.05) is 17.5 Å². The summed E-state index contributed by atoms with van der Waals surface area (Å²) in [7, 11) is 0. The highest BCUT2D eigenvalue weighted by atomic mass is 32.2. The van der Waals surface area contributed by atoms with Gasteiger partial charge in [0.15, 0.2) is 0 Å². The van der Waals surface area contributed by atoms with Gasteiger partial charge in [-0.3, -0.25) is 9.59 Å². The van der Waals surface area contributed by atoms with Crippen LogP contribution in [0.1, 0.15) is 23.1 Å². The molecule has 1 atom stereocenters. The van der Waals surface area contributed by atoms with E-state index >= 15 is 0 Å². The van der Waals surface area contributed by atoms with E-state index in [0.717, 1.165) is 17.7 Å². The van der Waals surface area contributed by atoms with Crippen molar-refractivity contribution in [3.05, 3.63) is 22.4 Å². The number of hydrogen-bond donors (Lipinski definition) is 1. The van der Waals surface area contributed by atoms with Crippen molar-refractivity contribution >= 4 is 34.9 Å². The molecular weight excluding hydrogens is 268 g/mol. The predicted octanol–water partition coefficient (Wildman–Crippen LogP) is 1.60. The SMILES string of the molecule is O=C(CN1C(=O)CS[C@H]1c1cccs1)NC1CC1. The van der Waals surface area contributed by atoms with Crippen molar-refractivity contribution in [1.29, 1.82) is 0 Å². The van der Waals surface area contributed by atoms with E-state index in [2.05, 4.69) is 5.32 Å². The van der Waals surface area contributed by atoms with E-state index in [4.69, 9.17) is 0 Å². The summed E-state index contributed by atoms with van der Waals surface area (Å²) < 4.78 is 0. The normalized spacial score (nSPS) is 23.4. The lowest BCUT2D eigenvalue weighted by atomic mass is 10.3. The van der Waals surface area contributed by atoms with E-state index in [1.165, 1.54) is 0 Å². The summed E-state index contributed by atoms with van der Waals surface area (Å²) in [5.41, 5.74) is 0. The van der Waals surface area contributed by atoms with Gasteiger partial charge in [-0.15, -0.1) is 23.1 Å². The van der Waals surface area contributed by atoms with Crippen LogP contribution in [0.25, 0.3) is 0 Å². The minimum atomic E-state index is -0.0325. The van der Waals surface area contributed by atoms with E-state index in [0.29, 0.717) is 11.8 Å². The Morgan fingerprint density at radius 3 is 3.00 bits per heavy atom. The van der Waals surface area contributed by atoms with Gasteiger partial charge in [0.05, 0.1) is 5.75 Å². The number of thioether (sulfide) groups is 1. The molecule has 2 amide bonds. The monoisotopic (exact) mass is 282 g/mol. The zero-order valence-corrected chi connectivity index (χ0v) is 11.4. The molecule has 3 rings (SSSR count). The largest absolute Gasteiger partial charge is 0.352 e. The Balaban J connectivity index is 1.67. The molecule has 0 unspecified atom stereocenters. The molecule has 0 spiro atoms. The molecule has 1 N–H and O–H groups in total.